The fourth-order valence-corrected chi connectivity index (χ4v) is 3.55. The Kier molecular flexibility index (Phi) is 5.86. The van der Waals surface area contributed by atoms with E-state index >= 15 is 0 Å². The van der Waals surface area contributed by atoms with Crippen molar-refractivity contribution >= 4 is 11.6 Å². The zero-order valence-electron chi connectivity index (χ0n) is 15.8. The van der Waals surface area contributed by atoms with Gasteiger partial charge in [0.1, 0.15) is 0 Å². The Bertz CT molecular complexity index is 829. The van der Waals surface area contributed by atoms with Crippen LogP contribution in [0.2, 0.25) is 0 Å². The van der Waals surface area contributed by atoms with Gasteiger partial charge in [0.25, 0.3) is 5.69 Å². The van der Waals surface area contributed by atoms with Crippen LogP contribution in [-0.4, -0.2) is 46.8 Å². The number of piperazine rings is 1. The van der Waals surface area contributed by atoms with Gasteiger partial charge in [-0.25, -0.2) is 0 Å². The van der Waals surface area contributed by atoms with E-state index in [1.807, 2.05) is 42.2 Å². The molecule has 1 heterocycles. The van der Waals surface area contributed by atoms with Crippen molar-refractivity contribution in [1.29, 1.82) is 0 Å². The maximum absolute atomic E-state index is 12.6. The molecule has 3 rings (SSSR count). The molecule has 1 aliphatic heterocycles. The lowest BCUT2D eigenvalue weighted by atomic mass is 10.0. The Labute approximate surface area is 159 Å². The summed E-state index contributed by atoms with van der Waals surface area (Å²) in [5, 5.41) is 11.0. The van der Waals surface area contributed by atoms with Crippen LogP contribution in [-0.2, 0) is 11.2 Å². The van der Waals surface area contributed by atoms with Crippen molar-refractivity contribution in [2.45, 2.75) is 26.3 Å². The molecule has 6 nitrogen and oxygen atoms in total. The van der Waals surface area contributed by atoms with Crippen molar-refractivity contribution in [3.8, 4) is 0 Å². The summed E-state index contributed by atoms with van der Waals surface area (Å²) in [7, 11) is 0. The summed E-state index contributed by atoms with van der Waals surface area (Å²) < 4.78 is 0. The minimum absolute atomic E-state index is 0.0820. The monoisotopic (exact) mass is 367 g/mol. The van der Waals surface area contributed by atoms with Crippen LogP contribution in [0.4, 0.5) is 5.69 Å². The highest BCUT2D eigenvalue weighted by Crippen LogP contribution is 2.25. The van der Waals surface area contributed by atoms with E-state index in [1.54, 1.807) is 12.1 Å². The van der Waals surface area contributed by atoms with Gasteiger partial charge in [-0.15, -0.1) is 0 Å². The number of non-ortho nitro benzene ring substituents is 1. The molecule has 0 aliphatic carbocycles. The van der Waals surface area contributed by atoms with E-state index in [0.717, 1.165) is 29.8 Å². The van der Waals surface area contributed by atoms with Crippen LogP contribution in [0.3, 0.4) is 0 Å². The van der Waals surface area contributed by atoms with E-state index in [9.17, 15) is 14.9 Å². The molecule has 142 valence electrons. The molecular weight excluding hydrogens is 342 g/mol. The topological polar surface area (TPSA) is 66.7 Å². The lowest BCUT2D eigenvalue weighted by Gasteiger charge is -2.38. The van der Waals surface area contributed by atoms with Crippen molar-refractivity contribution < 1.29 is 9.72 Å². The normalized spacial score (nSPS) is 16.1. The Morgan fingerprint density at radius 3 is 2.48 bits per heavy atom. The van der Waals surface area contributed by atoms with Crippen molar-refractivity contribution in [2.24, 2.45) is 0 Å². The SMILES string of the molecule is Cc1ccccc1CC(=O)N1CCN(C(C)c2cccc([N+](=O)[O-])c2)CC1. The third-order valence-electron chi connectivity index (χ3n) is 5.38. The Morgan fingerprint density at radius 1 is 1.11 bits per heavy atom. The molecule has 0 N–H and O–H groups in total. The standard InChI is InChI=1S/C21H25N3O3/c1-16-6-3-4-7-18(16)15-21(25)23-12-10-22(11-13-23)17(2)19-8-5-9-20(14-19)24(26)27/h3-9,14,17H,10-13,15H2,1-2H3. The van der Waals surface area contributed by atoms with Gasteiger partial charge in [0.2, 0.25) is 5.91 Å². The maximum Gasteiger partial charge on any atom is 0.269 e. The molecule has 0 saturated carbocycles. The van der Waals surface area contributed by atoms with Gasteiger partial charge in [0.05, 0.1) is 11.3 Å². The van der Waals surface area contributed by atoms with Crippen LogP contribution in [0.5, 0.6) is 0 Å². The number of hydrogen-bond acceptors (Lipinski definition) is 4. The molecule has 1 fully saturated rings. The van der Waals surface area contributed by atoms with E-state index in [4.69, 9.17) is 0 Å². The number of nitrogens with zero attached hydrogens (tertiary/aromatic N) is 3. The number of nitro groups is 1. The predicted octanol–water partition coefficient (Wildman–Crippen LogP) is 3.35. The van der Waals surface area contributed by atoms with Crippen LogP contribution in [0.1, 0.15) is 29.7 Å². The smallest absolute Gasteiger partial charge is 0.269 e. The zero-order valence-corrected chi connectivity index (χ0v) is 15.8. The minimum atomic E-state index is -0.363. The predicted molar refractivity (Wildman–Crippen MR) is 105 cm³/mol. The van der Waals surface area contributed by atoms with Crippen molar-refractivity contribution in [2.75, 3.05) is 26.2 Å². The van der Waals surface area contributed by atoms with Gasteiger partial charge >= 0.3 is 0 Å². The second kappa shape index (κ2) is 8.31. The summed E-state index contributed by atoms with van der Waals surface area (Å²) in [5.74, 6) is 0.159. The first-order valence-electron chi connectivity index (χ1n) is 9.26. The van der Waals surface area contributed by atoms with E-state index in [2.05, 4.69) is 11.8 Å². The first kappa shape index (κ1) is 19.0. The van der Waals surface area contributed by atoms with Crippen molar-refractivity contribution in [3.63, 3.8) is 0 Å². The summed E-state index contributed by atoms with van der Waals surface area (Å²) >= 11 is 0. The average Bonchev–Trinajstić information content (AvgIpc) is 2.69. The molecule has 0 spiro atoms. The summed E-state index contributed by atoms with van der Waals surface area (Å²) in [4.78, 5) is 27.4. The molecule has 1 unspecified atom stereocenters. The fraction of sp³-hybridized carbons (Fsp3) is 0.381. The average molecular weight is 367 g/mol. The van der Waals surface area contributed by atoms with Crippen molar-refractivity contribution in [3.05, 3.63) is 75.3 Å². The number of rotatable bonds is 5. The van der Waals surface area contributed by atoms with Crippen LogP contribution >= 0.6 is 0 Å². The van der Waals surface area contributed by atoms with E-state index in [-0.39, 0.29) is 22.6 Å². The Hall–Kier alpha value is -2.73. The minimum Gasteiger partial charge on any atom is -0.340 e. The molecule has 2 aromatic rings. The summed E-state index contributed by atoms with van der Waals surface area (Å²) in [6.45, 7) is 6.99. The lowest BCUT2D eigenvalue weighted by molar-refractivity contribution is -0.385. The molecule has 0 bridgehead atoms. The number of carbonyl (C=O) groups is 1. The molecule has 1 amide bonds. The third-order valence-corrected chi connectivity index (χ3v) is 5.38. The molecule has 0 radical (unpaired) electrons. The number of nitro benzene ring substituents is 1. The number of aryl methyl sites for hydroxylation is 1. The van der Waals surface area contributed by atoms with Gasteiger partial charge in [0, 0.05) is 44.4 Å². The Balaban J connectivity index is 1.58. The maximum atomic E-state index is 12.6. The Morgan fingerprint density at radius 2 is 1.81 bits per heavy atom. The first-order valence-corrected chi connectivity index (χ1v) is 9.26. The van der Waals surface area contributed by atoms with Crippen LogP contribution < -0.4 is 0 Å². The van der Waals surface area contributed by atoms with Gasteiger partial charge < -0.3 is 4.90 Å². The van der Waals surface area contributed by atoms with Gasteiger partial charge in [0.15, 0.2) is 0 Å². The van der Waals surface area contributed by atoms with Gasteiger partial charge in [-0.3, -0.25) is 19.8 Å². The molecule has 27 heavy (non-hydrogen) atoms. The summed E-state index contributed by atoms with van der Waals surface area (Å²) in [6, 6.07) is 14.9. The molecule has 1 atom stereocenters. The largest absolute Gasteiger partial charge is 0.340 e. The molecule has 1 saturated heterocycles. The highest BCUT2D eigenvalue weighted by Gasteiger charge is 2.25. The highest BCUT2D eigenvalue weighted by molar-refractivity contribution is 5.79. The second-order valence-corrected chi connectivity index (χ2v) is 7.05. The molecule has 1 aliphatic rings. The van der Waals surface area contributed by atoms with Crippen LogP contribution in [0.25, 0.3) is 0 Å². The van der Waals surface area contributed by atoms with Crippen LogP contribution in [0, 0.1) is 17.0 Å². The molecular formula is C21H25N3O3. The van der Waals surface area contributed by atoms with E-state index < -0.39 is 0 Å². The fourth-order valence-electron chi connectivity index (χ4n) is 3.55. The molecule has 2 aromatic carbocycles. The first-order chi connectivity index (χ1) is 13.0. The van der Waals surface area contributed by atoms with Crippen LogP contribution in [0.15, 0.2) is 48.5 Å². The number of amides is 1. The number of carbonyl (C=O) groups excluding carboxylic acids is 1. The van der Waals surface area contributed by atoms with Gasteiger partial charge in [-0.2, -0.15) is 0 Å². The third kappa shape index (κ3) is 4.52. The van der Waals surface area contributed by atoms with Gasteiger partial charge in [-0.05, 0) is 30.5 Å². The highest BCUT2D eigenvalue weighted by atomic mass is 16.6. The summed E-state index contributed by atoms with van der Waals surface area (Å²) in [6.07, 6.45) is 0.438. The zero-order chi connectivity index (χ0) is 19.4. The number of benzene rings is 2. The van der Waals surface area contributed by atoms with E-state index in [1.165, 1.54) is 6.07 Å². The quantitative estimate of drug-likeness (QED) is 0.600. The van der Waals surface area contributed by atoms with E-state index in [0.29, 0.717) is 19.5 Å². The number of hydrogen-bond donors (Lipinski definition) is 0. The second-order valence-electron chi connectivity index (χ2n) is 7.05. The molecule has 6 heteroatoms. The van der Waals surface area contributed by atoms with Gasteiger partial charge in [-0.1, -0.05) is 36.4 Å². The lowest BCUT2D eigenvalue weighted by Crippen LogP contribution is -2.49. The molecule has 0 aromatic heterocycles. The summed E-state index contributed by atoms with van der Waals surface area (Å²) in [5.41, 5.74) is 3.27. The van der Waals surface area contributed by atoms with Crippen molar-refractivity contribution in [1.82, 2.24) is 9.80 Å².